The zero-order valence-electron chi connectivity index (χ0n) is 16.5. The van der Waals surface area contributed by atoms with Gasteiger partial charge in [-0.05, 0) is 66.2 Å². The molecule has 33 heavy (non-hydrogen) atoms. The number of benzene rings is 3. The van der Waals surface area contributed by atoms with Crippen LogP contribution in [0.3, 0.4) is 0 Å². The molecule has 2 atom stereocenters. The number of halogens is 6. The van der Waals surface area contributed by atoms with Crippen LogP contribution >= 0.6 is 69.6 Å². The SMILES string of the molecule is O=C(Nc1ccc(Cl)cc1)c1cc(NC(=O)[C@H]2[C@H](c3cc(Cl)cc(Cl)c3)C2(Cl)Cl)ccc1Cl. The van der Waals surface area contributed by atoms with Gasteiger partial charge in [0.15, 0.2) is 0 Å². The summed E-state index contributed by atoms with van der Waals surface area (Å²) in [5, 5.41) is 7.09. The van der Waals surface area contributed by atoms with E-state index in [2.05, 4.69) is 10.6 Å². The molecule has 1 aliphatic carbocycles. The molecule has 0 aliphatic heterocycles. The molecule has 170 valence electrons. The summed E-state index contributed by atoms with van der Waals surface area (Å²) in [6, 6.07) is 16.1. The van der Waals surface area contributed by atoms with Crippen LogP contribution in [0.4, 0.5) is 11.4 Å². The molecule has 0 saturated heterocycles. The monoisotopic (exact) mass is 560 g/mol. The van der Waals surface area contributed by atoms with Gasteiger partial charge in [-0.1, -0.05) is 46.4 Å². The fourth-order valence-corrected chi connectivity index (χ4v) is 5.25. The molecule has 0 bridgehead atoms. The van der Waals surface area contributed by atoms with E-state index in [4.69, 9.17) is 69.6 Å². The standard InChI is InChI=1S/C23H14Cl6N2O2/c24-12-1-3-15(4-2-12)30-21(32)17-10-16(5-6-18(17)27)31-22(33)20-19(23(20,28)29)11-7-13(25)9-14(26)8-11/h1-10,19-20H,(H,30,32)(H,31,33)/t19-,20+/m0/s1. The van der Waals surface area contributed by atoms with Crippen molar-refractivity contribution in [1.29, 1.82) is 0 Å². The molecule has 2 amide bonds. The van der Waals surface area contributed by atoms with Gasteiger partial charge in [0.2, 0.25) is 5.91 Å². The predicted octanol–water partition coefficient (Wildman–Crippen LogP) is 8.08. The fraction of sp³-hybridized carbons (Fsp3) is 0.130. The number of carbonyl (C=O) groups is 2. The highest BCUT2D eigenvalue weighted by atomic mass is 35.5. The molecule has 3 aromatic carbocycles. The van der Waals surface area contributed by atoms with Crippen molar-refractivity contribution in [3.05, 3.63) is 91.9 Å². The van der Waals surface area contributed by atoms with Crippen molar-refractivity contribution in [3.8, 4) is 0 Å². The molecule has 1 fully saturated rings. The van der Waals surface area contributed by atoms with Crippen molar-refractivity contribution < 1.29 is 9.59 Å². The normalized spacial score (nSPS) is 18.5. The minimum Gasteiger partial charge on any atom is -0.326 e. The van der Waals surface area contributed by atoms with Crippen LogP contribution in [-0.4, -0.2) is 16.1 Å². The zero-order chi connectivity index (χ0) is 23.9. The van der Waals surface area contributed by atoms with Gasteiger partial charge in [-0.15, -0.1) is 23.2 Å². The molecule has 2 N–H and O–H groups in total. The molecule has 4 rings (SSSR count). The summed E-state index contributed by atoms with van der Waals surface area (Å²) in [6.07, 6.45) is 0. The van der Waals surface area contributed by atoms with Gasteiger partial charge in [-0.2, -0.15) is 0 Å². The number of anilines is 2. The first-order valence-electron chi connectivity index (χ1n) is 9.57. The second-order valence-electron chi connectivity index (χ2n) is 7.48. The second kappa shape index (κ2) is 9.53. The zero-order valence-corrected chi connectivity index (χ0v) is 21.0. The van der Waals surface area contributed by atoms with Gasteiger partial charge in [-0.3, -0.25) is 9.59 Å². The van der Waals surface area contributed by atoms with Crippen molar-refractivity contribution in [2.75, 3.05) is 10.6 Å². The van der Waals surface area contributed by atoms with Crippen LogP contribution in [0.2, 0.25) is 20.1 Å². The Balaban J connectivity index is 1.50. The van der Waals surface area contributed by atoms with Crippen LogP contribution in [0.25, 0.3) is 0 Å². The molecule has 10 heteroatoms. The maximum Gasteiger partial charge on any atom is 0.257 e. The topological polar surface area (TPSA) is 58.2 Å². The molecular weight excluding hydrogens is 549 g/mol. The summed E-state index contributed by atoms with van der Waals surface area (Å²) in [6.45, 7) is 0. The molecular formula is C23H14Cl6N2O2. The van der Waals surface area contributed by atoms with Crippen molar-refractivity contribution in [2.24, 2.45) is 5.92 Å². The average Bonchev–Trinajstić information content (AvgIpc) is 3.32. The maximum absolute atomic E-state index is 12.9. The highest BCUT2D eigenvalue weighted by Crippen LogP contribution is 2.65. The lowest BCUT2D eigenvalue weighted by molar-refractivity contribution is -0.117. The van der Waals surface area contributed by atoms with E-state index in [1.807, 2.05) is 0 Å². The summed E-state index contributed by atoms with van der Waals surface area (Å²) in [5.41, 5.74) is 1.76. The predicted molar refractivity (Wildman–Crippen MR) is 137 cm³/mol. The molecule has 1 aliphatic rings. The molecule has 0 heterocycles. The Bertz CT molecular complexity index is 1230. The summed E-state index contributed by atoms with van der Waals surface area (Å²) in [4.78, 5) is 25.6. The Morgan fingerprint density at radius 2 is 1.33 bits per heavy atom. The van der Waals surface area contributed by atoms with E-state index >= 15 is 0 Å². The van der Waals surface area contributed by atoms with Crippen molar-refractivity contribution in [1.82, 2.24) is 0 Å². The molecule has 1 saturated carbocycles. The lowest BCUT2D eigenvalue weighted by atomic mass is 10.1. The number of nitrogens with one attached hydrogen (secondary N) is 2. The highest BCUT2D eigenvalue weighted by molar-refractivity contribution is 6.53. The quantitative estimate of drug-likeness (QED) is 0.309. The molecule has 3 aromatic rings. The first kappa shape index (κ1) is 24.5. The lowest BCUT2D eigenvalue weighted by Gasteiger charge is -2.10. The van der Waals surface area contributed by atoms with E-state index in [0.717, 1.165) is 0 Å². The van der Waals surface area contributed by atoms with Gasteiger partial charge < -0.3 is 10.6 Å². The van der Waals surface area contributed by atoms with E-state index < -0.39 is 28.0 Å². The Morgan fingerprint density at radius 1 is 0.727 bits per heavy atom. The van der Waals surface area contributed by atoms with E-state index in [1.54, 1.807) is 48.5 Å². The molecule has 0 radical (unpaired) electrons. The minimum absolute atomic E-state index is 0.182. The van der Waals surface area contributed by atoms with Crippen LogP contribution in [0.1, 0.15) is 21.8 Å². The van der Waals surface area contributed by atoms with Gasteiger partial charge in [0.05, 0.1) is 16.5 Å². The number of hydrogen-bond donors (Lipinski definition) is 2. The number of carbonyl (C=O) groups excluding carboxylic acids is 2. The first-order chi connectivity index (χ1) is 15.6. The summed E-state index contributed by atoms with van der Waals surface area (Å²) >= 11 is 37.0. The van der Waals surface area contributed by atoms with E-state index in [1.165, 1.54) is 12.1 Å². The summed E-state index contributed by atoms with van der Waals surface area (Å²) in [5.74, 6) is -2.08. The average molecular weight is 563 g/mol. The highest BCUT2D eigenvalue weighted by Gasteiger charge is 2.67. The third-order valence-corrected chi connectivity index (χ3v) is 7.12. The third-order valence-electron chi connectivity index (χ3n) is 5.16. The molecule has 0 spiro atoms. The van der Waals surface area contributed by atoms with Crippen LogP contribution in [0.5, 0.6) is 0 Å². The van der Waals surface area contributed by atoms with E-state index in [-0.39, 0.29) is 10.6 Å². The van der Waals surface area contributed by atoms with Gasteiger partial charge in [0.1, 0.15) is 4.33 Å². The Morgan fingerprint density at radius 3 is 1.97 bits per heavy atom. The van der Waals surface area contributed by atoms with Gasteiger partial charge in [0, 0.05) is 32.4 Å². The largest absolute Gasteiger partial charge is 0.326 e. The first-order valence-corrected chi connectivity index (χ1v) is 11.8. The number of alkyl halides is 2. The fourth-order valence-electron chi connectivity index (χ4n) is 3.55. The Hall–Kier alpha value is -1.66. The number of hydrogen-bond acceptors (Lipinski definition) is 2. The third kappa shape index (κ3) is 5.37. The summed E-state index contributed by atoms with van der Waals surface area (Å²) < 4.78 is -1.32. The van der Waals surface area contributed by atoms with Crippen molar-refractivity contribution in [2.45, 2.75) is 10.3 Å². The van der Waals surface area contributed by atoms with Crippen molar-refractivity contribution in [3.63, 3.8) is 0 Å². The van der Waals surface area contributed by atoms with Crippen LogP contribution in [0.15, 0.2) is 60.7 Å². The van der Waals surface area contributed by atoms with E-state index in [0.29, 0.717) is 32.0 Å². The van der Waals surface area contributed by atoms with Crippen LogP contribution in [-0.2, 0) is 4.79 Å². The smallest absolute Gasteiger partial charge is 0.257 e. The van der Waals surface area contributed by atoms with Gasteiger partial charge in [-0.25, -0.2) is 0 Å². The maximum atomic E-state index is 12.9. The van der Waals surface area contributed by atoms with Crippen LogP contribution < -0.4 is 10.6 Å². The van der Waals surface area contributed by atoms with Crippen LogP contribution in [0, 0.1) is 5.92 Å². The van der Waals surface area contributed by atoms with E-state index in [9.17, 15) is 9.59 Å². The molecule has 0 unspecified atom stereocenters. The summed E-state index contributed by atoms with van der Waals surface area (Å²) in [7, 11) is 0. The second-order valence-corrected chi connectivity index (χ2v) is 10.6. The molecule has 4 nitrogen and oxygen atoms in total. The number of rotatable bonds is 5. The number of amides is 2. The molecule has 0 aromatic heterocycles. The van der Waals surface area contributed by atoms with Gasteiger partial charge in [0.25, 0.3) is 5.91 Å². The Labute approximate surface area is 220 Å². The lowest BCUT2D eigenvalue weighted by Crippen LogP contribution is -2.18. The van der Waals surface area contributed by atoms with Gasteiger partial charge >= 0.3 is 0 Å². The Kier molecular flexibility index (Phi) is 7.07. The minimum atomic E-state index is -1.32. The van der Waals surface area contributed by atoms with Crippen molar-refractivity contribution >= 4 is 92.8 Å².